The molecule has 1 aliphatic carbocycles. The lowest BCUT2D eigenvalue weighted by Gasteiger charge is -2.18. The highest BCUT2D eigenvalue weighted by Gasteiger charge is 2.28. The van der Waals surface area contributed by atoms with Crippen LogP contribution in [0.5, 0.6) is 0 Å². The molecular weight excluding hydrogens is 457 g/mol. The molecule has 10 heteroatoms. The van der Waals surface area contributed by atoms with Crippen molar-refractivity contribution in [3.63, 3.8) is 0 Å². The van der Waals surface area contributed by atoms with Crippen molar-refractivity contribution in [3.8, 4) is 11.3 Å². The molecule has 1 aliphatic heterocycles. The Morgan fingerprint density at radius 1 is 1.19 bits per heavy atom. The number of fused-ring (bicyclic) bond motifs is 1. The van der Waals surface area contributed by atoms with Gasteiger partial charge >= 0.3 is 0 Å². The number of ether oxygens (including phenoxy) is 1. The van der Waals surface area contributed by atoms with E-state index in [1.807, 2.05) is 6.07 Å². The average molecular weight is 478 g/mol. The van der Waals surface area contributed by atoms with E-state index in [9.17, 15) is 4.79 Å². The first-order valence-electron chi connectivity index (χ1n) is 10.2. The summed E-state index contributed by atoms with van der Waals surface area (Å²) < 4.78 is 5.48. The van der Waals surface area contributed by atoms with Crippen LogP contribution in [0.4, 0.5) is 11.6 Å². The standard InChI is InChI=1S/C21H21Cl2N5O2S/c22-13-5-2-11(10-14(13)23)17-15-16(24)18(20(29)28-6-1-8-30-9-7-28)31-19(15)27-21(26-17)25-12-3-4-12/h2,5,10,12H,1,3-4,6-9,24H2,(H,25,26,27). The molecule has 0 atom stereocenters. The molecule has 1 amide bonds. The summed E-state index contributed by atoms with van der Waals surface area (Å²) in [5.74, 6) is 0.433. The van der Waals surface area contributed by atoms with E-state index < -0.39 is 0 Å². The Hall–Kier alpha value is -2.13. The van der Waals surface area contributed by atoms with Crippen molar-refractivity contribution in [1.82, 2.24) is 14.9 Å². The Labute approximate surface area is 193 Å². The van der Waals surface area contributed by atoms with Gasteiger partial charge in [-0.2, -0.15) is 0 Å². The van der Waals surface area contributed by atoms with Gasteiger partial charge in [-0.3, -0.25) is 4.79 Å². The van der Waals surface area contributed by atoms with Crippen molar-refractivity contribution in [2.75, 3.05) is 37.4 Å². The summed E-state index contributed by atoms with van der Waals surface area (Å²) in [4.78, 5) is 25.6. The molecule has 162 valence electrons. The van der Waals surface area contributed by atoms with E-state index in [-0.39, 0.29) is 5.91 Å². The van der Waals surface area contributed by atoms with Crippen LogP contribution in [0.2, 0.25) is 10.0 Å². The van der Waals surface area contributed by atoms with Crippen LogP contribution >= 0.6 is 34.5 Å². The number of thiophene rings is 1. The molecule has 7 nitrogen and oxygen atoms in total. The van der Waals surface area contributed by atoms with Crippen molar-refractivity contribution in [2.24, 2.45) is 0 Å². The van der Waals surface area contributed by atoms with Crippen LogP contribution in [-0.2, 0) is 4.74 Å². The largest absolute Gasteiger partial charge is 0.397 e. The number of rotatable bonds is 4. The molecule has 3 aromatic rings. The summed E-state index contributed by atoms with van der Waals surface area (Å²) in [7, 11) is 0. The summed E-state index contributed by atoms with van der Waals surface area (Å²) in [5.41, 5.74) is 8.33. The minimum atomic E-state index is -0.0946. The molecule has 1 saturated heterocycles. The number of anilines is 2. The number of nitrogen functional groups attached to an aromatic ring is 1. The molecule has 31 heavy (non-hydrogen) atoms. The minimum absolute atomic E-state index is 0.0946. The average Bonchev–Trinajstić information content (AvgIpc) is 3.55. The number of benzene rings is 1. The van der Waals surface area contributed by atoms with Gasteiger partial charge in [-0.1, -0.05) is 29.3 Å². The van der Waals surface area contributed by atoms with E-state index in [2.05, 4.69) is 10.3 Å². The van der Waals surface area contributed by atoms with E-state index in [0.29, 0.717) is 74.8 Å². The Balaban J connectivity index is 1.63. The van der Waals surface area contributed by atoms with E-state index >= 15 is 0 Å². The summed E-state index contributed by atoms with van der Waals surface area (Å²) in [6.07, 6.45) is 2.99. The second-order valence-electron chi connectivity index (χ2n) is 7.73. The van der Waals surface area contributed by atoms with Gasteiger partial charge in [-0.05, 0) is 31.4 Å². The van der Waals surface area contributed by atoms with E-state index in [0.717, 1.165) is 24.8 Å². The molecular formula is C21H21Cl2N5O2S. The van der Waals surface area contributed by atoms with Crippen LogP contribution < -0.4 is 11.1 Å². The number of nitrogens with two attached hydrogens (primary N) is 1. The van der Waals surface area contributed by atoms with Crippen LogP contribution in [0.25, 0.3) is 21.5 Å². The van der Waals surface area contributed by atoms with Gasteiger partial charge in [0.05, 0.1) is 33.4 Å². The Morgan fingerprint density at radius 2 is 2.03 bits per heavy atom. The predicted molar refractivity (Wildman–Crippen MR) is 125 cm³/mol. The lowest BCUT2D eigenvalue weighted by molar-refractivity contribution is 0.0747. The highest BCUT2D eigenvalue weighted by Crippen LogP contribution is 2.41. The second kappa shape index (κ2) is 8.43. The van der Waals surface area contributed by atoms with Crippen LogP contribution in [0.1, 0.15) is 28.9 Å². The first-order valence-corrected chi connectivity index (χ1v) is 11.8. The zero-order chi connectivity index (χ0) is 21.5. The lowest BCUT2D eigenvalue weighted by Crippen LogP contribution is -2.33. The number of nitrogens with one attached hydrogen (secondary N) is 1. The third-order valence-electron chi connectivity index (χ3n) is 5.40. The van der Waals surface area contributed by atoms with Crippen LogP contribution in [0.3, 0.4) is 0 Å². The van der Waals surface area contributed by atoms with Crippen molar-refractivity contribution in [3.05, 3.63) is 33.1 Å². The normalized spacial score (nSPS) is 17.0. The quantitative estimate of drug-likeness (QED) is 0.566. The molecule has 0 unspecified atom stereocenters. The summed E-state index contributed by atoms with van der Waals surface area (Å²) in [6, 6.07) is 5.72. The second-order valence-corrected chi connectivity index (χ2v) is 9.54. The zero-order valence-electron chi connectivity index (χ0n) is 16.7. The predicted octanol–water partition coefficient (Wildman–Crippen LogP) is 4.68. The maximum Gasteiger partial charge on any atom is 0.266 e. The SMILES string of the molecule is Nc1c(C(=O)N2CCCOCC2)sc2nc(NC3CC3)nc(-c3ccc(Cl)c(Cl)c3)c12. The smallest absolute Gasteiger partial charge is 0.266 e. The first-order chi connectivity index (χ1) is 15.0. The maximum absolute atomic E-state index is 13.3. The summed E-state index contributed by atoms with van der Waals surface area (Å²) >= 11 is 13.7. The topological polar surface area (TPSA) is 93.4 Å². The Kier molecular flexibility index (Phi) is 5.64. The van der Waals surface area contributed by atoms with Crippen molar-refractivity contribution in [1.29, 1.82) is 0 Å². The lowest BCUT2D eigenvalue weighted by atomic mass is 10.1. The molecule has 3 N–H and O–H groups in total. The van der Waals surface area contributed by atoms with Gasteiger partial charge in [-0.15, -0.1) is 11.3 Å². The van der Waals surface area contributed by atoms with Crippen molar-refractivity contribution in [2.45, 2.75) is 25.3 Å². The van der Waals surface area contributed by atoms with Gasteiger partial charge in [-0.25, -0.2) is 9.97 Å². The van der Waals surface area contributed by atoms with Crippen LogP contribution in [0.15, 0.2) is 18.2 Å². The minimum Gasteiger partial charge on any atom is -0.397 e. The monoisotopic (exact) mass is 477 g/mol. The molecule has 2 aromatic heterocycles. The molecule has 3 heterocycles. The Morgan fingerprint density at radius 3 is 2.81 bits per heavy atom. The van der Waals surface area contributed by atoms with E-state index in [1.165, 1.54) is 11.3 Å². The molecule has 2 aliphatic rings. The van der Waals surface area contributed by atoms with Gasteiger partial charge in [0.25, 0.3) is 5.91 Å². The fourth-order valence-electron chi connectivity index (χ4n) is 3.60. The third kappa shape index (κ3) is 4.17. The number of halogens is 2. The summed E-state index contributed by atoms with van der Waals surface area (Å²) in [5, 5.41) is 4.90. The van der Waals surface area contributed by atoms with Gasteiger partial charge < -0.3 is 20.7 Å². The zero-order valence-corrected chi connectivity index (χ0v) is 19.0. The van der Waals surface area contributed by atoms with E-state index in [4.69, 9.17) is 38.7 Å². The Bertz CT molecular complexity index is 1160. The summed E-state index contributed by atoms with van der Waals surface area (Å²) in [6.45, 7) is 2.38. The molecule has 0 bridgehead atoms. The molecule has 0 spiro atoms. The highest BCUT2D eigenvalue weighted by molar-refractivity contribution is 7.21. The van der Waals surface area contributed by atoms with Gasteiger partial charge in [0, 0.05) is 31.3 Å². The van der Waals surface area contributed by atoms with Crippen LogP contribution in [-0.4, -0.2) is 53.1 Å². The third-order valence-corrected chi connectivity index (χ3v) is 7.22. The van der Waals surface area contributed by atoms with Crippen molar-refractivity contribution < 1.29 is 9.53 Å². The number of amides is 1. The van der Waals surface area contributed by atoms with Crippen molar-refractivity contribution >= 4 is 62.3 Å². The fourth-order valence-corrected chi connectivity index (χ4v) is 4.96. The number of aromatic nitrogens is 2. The van der Waals surface area contributed by atoms with E-state index in [1.54, 1.807) is 17.0 Å². The van der Waals surface area contributed by atoms with Gasteiger partial charge in [0.15, 0.2) is 0 Å². The number of hydrogen-bond donors (Lipinski definition) is 2. The fraction of sp³-hybridized carbons (Fsp3) is 0.381. The highest BCUT2D eigenvalue weighted by atomic mass is 35.5. The maximum atomic E-state index is 13.3. The molecule has 1 aromatic carbocycles. The number of nitrogens with zero attached hydrogens (tertiary/aromatic N) is 3. The molecule has 2 fully saturated rings. The van der Waals surface area contributed by atoms with Gasteiger partial charge in [0.2, 0.25) is 5.95 Å². The van der Waals surface area contributed by atoms with Crippen LogP contribution in [0, 0.1) is 0 Å². The van der Waals surface area contributed by atoms with Gasteiger partial charge in [0.1, 0.15) is 9.71 Å². The first kappa shape index (κ1) is 20.8. The molecule has 5 rings (SSSR count). The number of hydrogen-bond acceptors (Lipinski definition) is 7. The number of carbonyl (C=O) groups excluding carboxylic acids is 1. The molecule has 1 saturated carbocycles. The molecule has 0 radical (unpaired) electrons. The number of carbonyl (C=O) groups is 1.